The van der Waals surface area contributed by atoms with Crippen LogP contribution in [0.5, 0.6) is 0 Å². The summed E-state index contributed by atoms with van der Waals surface area (Å²) in [4.78, 5) is 25.4. The van der Waals surface area contributed by atoms with Crippen LogP contribution < -0.4 is 5.73 Å². The van der Waals surface area contributed by atoms with E-state index in [0.717, 1.165) is 12.0 Å². The molecule has 6 heteroatoms. The van der Waals surface area contributed by atoms with Crippen molar-refractivity contribution in [3.8, 4) is 0 Å². The second-order valence-electron chi connectivity index (χ2n) is 5.22. The molecule has 2 rings (SSSR count). The van der Waals surface area contributed by atoms with Gasteiger partial charge in [-0.05, 0) is 36.6 Å². The molecule has 0 fully saturated rings. The fraction of sp³-hybridized carbons (Fsp3) is 0.467. The van der Waals surface area contributed by atoms with Crippen molar-refractivity contribution in [1.29, 1.82) is 0 Å². The molecule has 1 unspecified atom stereocenters. The maximum absolute atomic E-state index is 12.0. The first kappa shape index (κ1) is 17.5. The quantitative estimate of drug-likeness (QED) is 0.859. The predicted octanol–water partition coefficient (Wildman–Crippen LogP) is 1.52. The molecule has 1 atom stereocenters. The Hall–Kier alpha value is -1.59. The van der Waals surface area contributed by atoms with Gasteiger partial charge in [-0.15, -0.1) is 12.4 Å². The molecule has 0 spiro atoms. The normalized spacial score (nSPS) is 14.7. The summed E-state index contributed by atoms with van der Waals surface area (Å²) in [6.45, 7) is 3.06. The fourth-order valence-electron chi connectivity index (χ4n) is 2.42. The summed E-state index contributed by atoms with van der Waals surface area (Å²) >= 11 is 0. The first-order valence-corrected chi connectivity index (χ1v) is 6.74. The standard InChI is InChI=1S/C15H20N2O3.ClH/c1-10(16)7-14(18)17-6-5-11-3-4-12(15(19)20-2)8-13(11)9-17;/h3-4,8,10H,5-7,9,16H2,1-2H3;1H. The van der Waals surface area contributed by atoms with Crippen molar-refractivity contribution in [2.75, 3.05) is 13.7 Å². The summed E-state index contributed by atoms with van der Waals surface area (Å²) in [5.41, 5.74) is 8.38. The van der Waals surface area contributed by atoms with Crippen LogP contribution in [0.25, 0.3) is 0 Å². The molecule has 21 heavy (non-hydrogen) atoms. The Labute approximate surface area is 130 Å². The topological polar surface area (TPSA) is 72.6 Å². The van der Waals surface area contributed by atoms with Crippen molar-refractivity contribution in [1.82, 2.24) is 4.90 Å². The van der Waals surface area contributed by atoms with Gasteiger partial charge in [0.1, 0.15) is 0 Å². The average molecular weight is 313 g/mol. The van der Waals surface area contributed by atoms with Crippen LogP contribution in [0.1, 0.15) is 34.8 Å². The lowest BCUT2D eigenvalue weighted by molar-refractivity contribution is -0.132. The van der Waals surface area contributed by atoms with Gasteiger partial charge < -0.3 is 15.4 Å². The molecule has 0 aliphatic carbocycles. The molecule has 116 valence electrons. The Morgan fingerprint density at radius 2 is 2.10 bits per heavy atom. The number of nitrogens with two attached hydrogens (primary N) is 1. The number of nitrogens with zero attached hydrogens (tertiary/aromatic N) is 1. The zero-order valence-corrected chi connectivity index (χ0v) is 13.1. The lowest BCUT2D eigenvalue weighted by Crippen LogP contribution is -2.38. The third kappa shape index (κ3) is 4.19. The molecule has 1 heterocycles. The minimum absolute atomic E-state index is 0. The van der Waals surface area contributed by atoms with Crippen LogP contribution in [0.4, 0.5) is 0 Å². The van der Waals surface area contributed by atoms with Crippen molar-refractivity contribution in [3.63, 3.8) is 0 Å². The highest BCUT2D eigenvalue weighted by atomic mass is 35.5. The van der Waals surface area contributed by atoms with Crippen LogP contribution in [-0.2, 0) is 22.5 Å². The number of carbonyl (C=O) groups is 2. The van der Waals surface area contributed by atoms with Crippen LogP contribution in [0, 0.1) is 0 Å². The van der Waals surface area contributed by atoms with Crippen molar-refractivity contribution in [2.24, 2.45) is 5.73 Å². The molecule has 1 aromatic carbocycles. The Balaban J connectivity index is 0.00000220. The van der Waals surface area contributed by atoms with Gasteiger partial charge in [0.05, 0.1) is 12.7 Å². The van der Waals surface area contributed by atoms with Gasteiger partial charge in [-0.25, -0.2) is 4.79 Å². The van der Waals surface area contributed by atoms with E-state index in [1.54, 1.807) is 11.0 Å². The van der Waals surface area contributed by atoms with Gasteiger partial charge in [0.2, 0.25) is 5.91 Å². The summed E-state index contributed by atoms with van der Waals surface area (Å²) in [5, 5.41) is 0. The molecule has 1 aliphatic heterocycles. The lowest BCUT2D eigenvalue weighted by Gasteiger charge is -2.29. The Kier molecular flexibility index (Phi) is 6.18. The van der Waals surface area contributed by atoms with Crippen LogP contribution in [-0.4, -0.2) is 36.5 Å². The van der Waals surface area contributed by atoms with Gasteiger partial charge in [-0.1, -0.05) is 6.07 Å². The number of methoxy groups -OCH3 is 1. The third-order valence-corrected chi connectivity index (χ3v) is 3.49. The number of hydrogen-bond donors (Lipinski definition) is 1. The number of rotatable bonds is 3. The molecule has 2 N–H and O–H groups in total. The van der Waals surface area contributed by atoms with Crippen molar-refractivity contribution < 1.29 is 14.3 Å². The molecular weight excluding hydrogens is 292 g/mol. The van der Waals surface area contributed by atoms with E-state index >= 15 is 0 Å². The number of amides is 1. The summed E-state index contributed by atoms with van der Waals surface area (Å²) in [6, 6.07) is 5.39. The second kappa shape index (κ2) is 7.43. The molecule has 0 saturated heterocycles. The van der Waals surface area contributed by atoms with E-state index in [9.17, 15) is 9.59 Å². The minimum atomic E-state index is -0.355. The van der Waals surface area contributed by atoms with Crippen molar-refractivity contribution >= 4 is 24.3 Å². The van der Waals surface area contributed by atoms with Crippen LogP contribution >= 0.6 is 12.4 Å². The van der Waals surface area contributed by atoms with Gasteiger partial charge in [-0.2, -0.15) is 0 Å². The lowest BCUT2D eigenvalue weighted by atomic mass is 9.97. The number of benzene rings is 1. The largest absolute Gasteiger partial charge is 0.465 e. The van der Waals surface area contributed by atoms with E-state index < -0.39 is 0 Å². The highest BCUT2D eigenvalue weighted by Gasteiger charge is 2.22. The van der Waals surface area contributed by atoms with E-state index in [2.05, 4.69) is 0 Å². The molecule has 0 aromatic heterocycles. The van der Waals surface area contributed by atoms with E-state index in [1.807, 2.05) is 19.1 Å². The number of esters is 1. The second-order valence-corrected chi connectivity index (χ2v) is 5.22. The summed E-state index contributed by atoms with van der Waals surface area (Å²) in [7, 11) is 1.36. The molecule has 0 bridgehead atoms. The number of ether oxygens (including phenoxy) is 1. The molecule has 1 aliphatic rings. The number of hydrogen-bond acceptors (Lipinski definition) is 4. The van der Waals surface area contributed by atoms with Crippen molar-refractivity contribution in [2.45, 2.75) is 32.4 Å². The molecule has 0 radical (unpaired) electrons. The summed E-state index contributed by atoms with van der Waals surface area (Å²) < 4.78 is 4.72. The summed E-state index contributed by atoms with van der Waals surface area (Å²) in [6.07, 6.45) is 1.16. The number of halogens is 1. The number of carbonyl (C=O) groups excluding carboxylic acids is 2. The number of fused-ring (bicyclic) bond motifs is 1. The molecular formula is C15H21ClN2O3. The minimum Gasteiger partial charge on any atom is -0.465 e. The molecule has 0 saturated carbocycles. The van der Waals surface area contributed by atoms with Crippen LogP contribution in [0.3, 0.4) is 0 Å². The van der Waals surface area contributed by atoms with Gasteiger partial charge in [-0.3, -0.25) is 4.79 Å². The van der Waals surface area contributed by atoms with Crippen LogP contribution in [0.15, 0.2) is 18.2 Å². The molecule has 5 nitrogen and oxygen atoms in total. The third-order valence-electron chi connectivity index (χ3n) is 3.49. The monoisotopic (exact) mass is 312 g/mol. The highest BCUT2D eigenvalue weighted by molar-refractivity contribution is 5.89. The first-order chi connectivity index (χ1) is 9.51. The zero-order valence-electron chi connectivity index (χ0n) is 12.3. The van der Waals surface area contributed by atoms with E-state index in [4.69, 9.17) is 10.5 Å². The Bertz CT molecular complexity index is 532. The first-order valence-electron chi connectivity index (χ1n) is 6.74. The van der Waals surface area contributed by atoms with Gasteiger partial charge in [0.15, 0.2) is 0 Å². The predicted molar refractivity (Wildman–Crippen MR) is 82.4 cm³/mol. The molecule has 1 aromatic rings. The van der Waals surface area contributed by atoms with Crippen LogP contribution in [0.2, 0.25) is 0 Å². The van der Waals surface area contributed by atoms with E-state index in [0.29, 0.717) is 25.1 Å². The fourth-order valence-corrected chi connectivity index (χ4v) is 2.42. The SMILES string of the molecule is COC(=O)c1ccc2c(c1)CN(C(=O)CC(C)N)CC2.Cl. The molecule has 1 amide bonds. The maximum Gasteiger partial charge on any atom is 0.337 e. The zero-order chi connectivity index (χ0) is 14.7. The smallest absolute Gasteiger partial charge is 0.337 e. The Morgan fingerprint density at radius 3 is 2.71 bits per heavy atom. The Morgan fingerprint density at radius 1 is 1.38 bits per heavy atom. The van der Waals surface area contributed by atoms with Gasteiger partial charge in [0.25, 0.3) is 0 Å². The van der Waals surface area contributed by atoms with E-state index in [-0.39, 0.29) is 30.3 Å². The average Bonchev–Trinajstić information content (AvgIpc) is 2.44. The van der Waals surface area contributed by atoms with Gasteiger partial charge in [0, 0.05) is 25.6 Å². The summed E-state index contributed by atoms with van der Waals surface area (Å²) in [5.74, 6) is -0.291. The van der Waals surface area contributed by atoms with Crippen molar-refractivity contribution in [3.05, 3.63) is 34.9 Å². The maximum atomic E-state index is 12.0. The highest BCUT2D eigenvalue weighted by Crippen LogP contribution is 2.21. The van der Waals surface area contributed by atoms with E-state index in [1.165, 1.54) is 12.7 Å². The van der Waals surface area contributed by atoms with Gasteiger partial charge >= 0.3 is 5.97 Å².